The van der Waals surface area contributed by atoms with Crippen LogP contribution in [0.15, 0.2) is 45.5 Å². The second kappa shape index (κ2) is 8.55. The third-order valence-corrected chi connectivity index (χ3v) is 6.98. The Hall–Kier alpha value is -2.38. The van der Waals surface area contributed by atoms with Gasteiger partial charge in [-0.05, 0) is 61.7 Å². The smallest absolute Gasteiger partial charge is 0.325 e. The Morgan fingerprint density at radius 3 is 2.93 bits per heavy atom. The highest BCUT2D eigenvalue weighted by atomic mass is 32.2. The molecule has 0 unspecified atom stereocenters. The molecule has 2 aromatic heterocycles. The molecule has 1 aliphatic rings. The van der Waals surface area contributed by atoms with E-state index >= 15 is 0 Å². The van der Waals surface area contributed by atoms with Crippen LogP contribution in [0.2, 0.25) is 0 Å². The number of rotatable bonds is 6. The van der Waals surface area contributed by atoms with Gasteiger partial charge in [-0.1, -0.05) is 30.0 Å². The van der Waals surface area contributed by atoms with Crippen molar-refractivity contribution in [1.82, 2.24) is 9.55 Å². The molecule has 0 aliphatic heterocycles. The number of benzene rings is 1. The summed E-state index contributed by atoms with van der Waals surface area (Å²) in [6, 6.07) is 10.0. The van der Waals surface area contributed by atoms with Crippen LogP contribution < -0.4 is 11.0 Å². The number of nitrogens with zero attached hydrogens (tertiary/aromatic N) is 2. The second-order valence-corrected chi connectivity index (χ2v) is 9.30. The summed E-state index contributed by atoms with van der Waals surface area (Å²) in [6.45, 7) is 4.55. The number of thiophene rings is 1. The van der Waals surface area contributed by atoms with E-state index in [-0.39, 0.29) is 17.3 Å². The maximum atomic E-state index is 12.7. The van der Waals surface area contributed by atoms with E-state index in [1.54, 1.807) is 15.9 Å². The lowest BCUT2D eigenvalue weighted by molar-refractivity contribution is -0.113. The summed E-state index contributed by atoms with van der Waals surface area (Å²) in [4.78, 5) is 30.6. The topological polar surface area (TPSA) is 64.0 Å². The Morgan fingerprint density at radius 1 is 1.28 bits per heavy atom. The number of anilines is 1. The number of amides is 1. The Morgan fingerprint density at radius 2 is 2.14 bits per heavy atom. The van der Waals surface area contributed by atoms with Crippen LogP contribution in [-0.4, -0.2) is 21.2 Å². The molecule has 2 heterocycles. The van der Waals surface area contributed by atoms with Crippen LogP contribution >= 0.6 is 23.1 Å². The van der Waals surface area contributed by atoms with E-state index in [0.29, 0.717) is 11.6 Å². The number of aromatic nitrogens is 2. The van der Waals surface area contributed by atoms with Crippen LogP contribution in [0.3, 0.4) is 0 Å². The first-order valence-electron chi connectivity index (χ1n) is 9.66. The molecule has 5 nitrogen and oxygen atoms in total. The standard InChI is InChI=1S/C22H23N3O2S2/c1-14-8-9-15(2)18(11-14)23-20(26)13-29-21-17-6-3-7-19(17)25(22(27)24-21)12-16-5-4-10-28-16/h4-5,8-11H,3,6-7,12-13H2,1-2H3,(H,23,26). The number of thioether (sulfide) groups is 1. The zero-order chi connectivity index (χ0) is 20.4. The molecule has 0 fully saturated rings. The minimum atomic E-state index is -0.225. The van der Waals surface area contributed by atoms with Gasteiger partial charge >= 0.3 is 5.69 Å². The molecule has 0 saturated carbocycles. The van der Waals surface area contributed by atoms with E-state index < -0.39 is 0 Å². The lowest BCUT2D eigenvalue weighted by Gasteiger charge is -2.14. The molecule has 1 N–H and O–H groups in total. The Labute approximate surface area is 178 Å². The number of hydrogen-bond donors (Lipinski definition) is 1. The average molecular weight is 426 g/mol. The first-order chi connectivity index (χ1) is 14.0. The van der Waals surface area contributed by atoms with Crippen molar-refractivity contribution in [2.75, 3.05) is 11.1 Å². The summed E-state index contributed by atoms with van der Waals surface area (Å²) in [7, 11) is 0. The Balaban J connectivity index is 1.50. The second-order valence-electron chi connectivity index (χ2n) is 7.30. The van der Waals surface area contributed by atoms with Crippen molar-refractivity contribution in [2.45, 2.75) is 44.7 Å². The van der Waals surface area contributed by atoms with Crippen molar-refractivity contribution in [1.29, 1.82) is 0 Å². The van der Waals surface area contributed by atoms with E-state index in [1.807, 2.05) is 49.6 Å². The highest BCUT2D eigenvalue weighted by Gasteiger charge is 2.22. The third-order valence-electron chi connectivity index (χ3n) is 5.10. The van der Waals surface area contributed by atoms with Gasteiger partial charge < -0.3 is 5.32 Å². The van der Waals surface area contributed by atoms with Gasteiger partial charge in [0.15, 0.2) is 0 Å². The number of fused-ring (bicyclic) bond motifs is 1. The van der Waals surface area contributed by atoms with Crippen LogP contribution in [0, 0.1) is 13.8 Å². The largest absolute Gasteiger partial charge is 0.349 e. The third kappa shape index (κ3) is 4.46. The van der Waals surface area contributed by atoms with E-state index in [0.717, 1.165) is 52.2 Å². The van der Waals surface area contributed by atoms with Gasteiger partial charge in [0.1, 0.15) is 5.03 Å². The van der Waals surface area contributed by atoms with Gasteiger partial charge in [0.25, 0.3) is 0 Å². The molecule has 29 heavy (non-hydrogen) atoms. The minimum Gasteiger partial charge on any atom is -0.325 e. The Kier molecular flexibility index (Phi) is 5.87. The predicted molar refractivity (Wildman–Crippen MR) is 119 cm³/mol. The van der Waals surface area contributed by atoms with Crippen LogP contribution in [0.1, 0.15) is 33.7 Å². The van der Waals surface area contributed by atoms with E-state index in [2.05, 4.69) is 10.3 Å². The lowest BCUT2D eigenvalue weighted by Crippen LogP contribution is -2.27. The zero-order valence-electron chi connectivity index (χ0n) is 16.5. The van der Waals surface area contributed by atoms with Crippen molar-refractivity contribution in [2.24, 2.45) is 0 Å². The summed E-state index contributed by atoms with van der Waals surface area (Å²) >= 11 is 3.01. The molecule has 0 atom stereocenters. The number of nitrogens with one attached hydrogen (secondary N) is 1. The van der Waals surface area contributed by atoms with Gasteiger partial charge in [0, 0.05) is 21.8 Å². The zero-order valence-corrected chi connectivity index (χ0v) is 18.2. The molecule has 1 amide bonds. The SMILES string of the molecule is Cc1ccc(C)c(NC(=O)CSc2nc(=O)n(Cc3cccs3)c3c2CCC3)c1. The fraction of sp³-hybridized carbons (Fsp3) is 0.318. The molecule has 0 spiro atoms. The van der Waals surface area contributed by atoms with Gasteiger partial charge in [-0.25, -0.2) is 4.79 Å². The van der Waals surface area contributed by atoms with E-state index in [1.165, 1.54) is 11.8 Å². The van der Waals surface area contributed by atoms with Crippen molar-refractivity contribution in [3.8, 4) is 0 Å². The van der Waals surface area contributed by atoms with Crippen LogP contribution in [-0.2, 0) is 24.2 Å². The Bertz CT molecular complexity index is 1100. The van der Waals surface area contributed by atoms with Crippen molar-refractivity contribution in [3.63, 3.8) is 0 Å². The predicted octanol–water partition coefficient (Wildman–Crippen LogP) is 4.19. The molecule has 0 bridgehead atoms. The quantitative estimate of drug-likeness (QED) is 0.475. The highest BCUT2D eigenvalue weighted by molar-refractivity contribution is 8.00. The van der Waals surface area contributed by atoms with Crippen molar-refractivity contribution < 1.29 is 4.79 Å². The van der Waals surface area contributed by atoms with Crippen LogP contribution in [0.4, 0.5) is 5.69 Å². The van der Waals surface area contributed by atoms with Crippen molar-refractivity contribution in [3.05, 3.63) is 73.5 Å². The normalized spacial score (nSPS) is 12.8. The highest BCUT2D eigenvalue weighted by Crippen LogP contribution is 2.30. The summed E-state index contributed by atoms with van der Waals surface area (Å²) < 4.78 is 1.80. The van der Waals surface area contributed by atoms with E-state index in [9.17, 15) is 9.59 Å². The summed E-state index contributed by atoms with van der Waals surface area (Å²) in [5.41, 5.74) is 4.95. The van der Waals surface area contributed by atoms with Gasteiger partial charge in [-0.3, -0.25) is 9.36 Å². The summed E-state index contributed by atoms with van der Waals surface area (Å²) in [5, 5.41) is 5.71. The summed E-state index contributed by atoms with van der Waals surface area (Å²) in [5.74, 6) is 0.154. The average Bonchev–Trinajstić information content (AvgIpc) is 3.37. The molecule has 1 aliphatic carbocycles. The minimum absolute atomic E-state index is 0.0833. The van der Waals surface area contributed by atoms with Crippen LogP contribution in [0.5, 0.6) is 0 Å². The monoisotopic (exact) mass is 425 g/mol. The number of hydrogen-bond acceptors (Lipinski definition) is 5. The first-order valence-corrected chi connectivity index (χ1v) is 11.5. The number of aryl methyl sites for hydroxylation is 2. The molecule has 0 saturated heterocycles. The molecule has 1 aromatic carbocycles. The molecular formula is C22H23N3O2S2. The molecule has 0 radical (unpaired) electrons. The maximum absolute atomic E-state index is 12.7. The number of carbonyl (C=O) groups is 1. The molecule has 4 rings (SSSR count). The lowest BCUT2D eigenvalue weighted by atomic mass is 10.1. The molecular weight excluding hydrogens is 402 g/mol. The fourth-order valence-electron chi connectivity index (χ4n) is 3.62. The van der Waals surface area contributed by atoms with Gasteiger partial charge in [-0.15, -0.1) is 11.3 Å². The van der Waals surface area contributed by atoms with Crippen LogP contribution in [0.25, 0.3) is 0 Å². The maximum Gasteiger partial charge on any atom is 0.349 e. The first kappa shape index (κ1) is 19.9. The molecule has 3 aromatic rings. The molecule has 150 valence electrons. The fourth-order valence-corrected chi connectivity index (χ4v) is 5.19. The van der Waals surface area contributed by atoms with E-state index in [4.69, 9.17) is 0 Å². The van der Waals surface area contributed by atoms with Gasteiger partial charge in [0.2, 0.25) is 5.91 Å². The number of carbonyl (C=O) groups excluding carboxylic acids is 1. The molecule has 7 heteroatoms. The van der Waals surface area contributed by atoms with Crippen molar-refractivity contribution >= 4 is 34.7 Å². The van der Waals surface area contributed by atoms with Gasteiger partial charge in [-0.2, -0.15) is 4.98 Å². The summed E-state index contributed by atoms with van der Waals surface area (Å²) in [6.07, 6.45) is 2.82. The van der Waals surface area contributed by atoms with Gasteiger partial charge in [0.05, 0.1) is 12.3 Å².